The van der Waals surface area contributed by atoms with Gasteiger partial charge >= 0.3 is 6.01 Å². The van der Waals surface area contributed by atoms with Gasteiger partial charge < -0.3 is 19.9 Å². The third kappa shape index (κ3) is 5.55. The first-order chi connectivity index (χ1) is 8.74. The third-order valence-electron chi connectivity index (χ3n) is 2.01. The molecule has 0 aliphatic carbocycles. The molecule has 0 bridgehead atoms. The van der Waals surface area contributed by atoms with Gasteiger partial charge in [-0.1, -0.05) is 0 Å². The molecular formula is C11H18N4O3. The molecule has 0 radical (unpaired) electrons. The van der Waals surface area contributed by atoms with Gasteiger partial charge in [0.05, 0.1) is 19.8 Å². The summed E-state index contributed by atoms with van der Waals surface area (Å²) in [6, 6.07) is 1.78. The van der Waals surface area contributed by atoms with Crippen LogP contribution < -0.4 is 10.5 Å². The quantitative estimate of drug-likeness (QED) is 0.370. The van der Waals surface area contributed by atoms with Crippen molar-refractivity contribution in [1.82, 2.24) is 9.97 Å². The van der Waals surface area contributed by atoms with Crippen LogP contribution in [0.3, 0.4) is 0 Å². The fourth-order valence-corrected chi connectivity index (χ4v) is 1.13. The topological polar surface area (TPSA) is 103 Å². The van der Waals surface area contributed by atoms with Gasteiger partial charge in [0.1, 0.15) is 11.5 Å². The molecule has 0 unspecified atom stereocenters. The summed E-state index contributed by atoms with van der Waals surface area (Å²) in [6.07, 6.45) is 2.24. The first-order valence-electron chi connectivity index (χ1n) is 5.61. The Balaban J connectivity index is 2.19. The summed E-state index contributed by atoms with van der Waals surface area (Å²) in [5.41, 5.74) is 5.67. The second kappa shape index (κ2) is 8.37. The summed E-state index contributed by atoms with van der Waals surface area (Å²) in [5, 5.41) is 7.24. The molecule has 0 atom stereocenters. The lowest BCUT2D eigenvalue weighted by molar-refractivity contribution is 0.0639. The lowest BCUT2D eigenvalue weighted by atomic mass is 10.4. The lowest BCUT2D eigenvalue weighted by Crippen LogP contribution is -2.14. The molecule has 0 saturated heterocycles. The minimum Gasteiger partial charge on any atom is -0.463 e. The predicted octanol–water partition coefficient (Wildman–Crippen LogP) is 0.193. The van der Waals surface area contributed by atoms with E-state index < -0.39 is 0 Å². The monoisotopic (exact) mass is 254 g/mol. The number of hydrogen-bond acceptors (Lipinski definition) is 6. The maximum Gasteiger partial charge on any atom is 0.316 e. The molecule has 18 heavy (non-hydrogen) atoms. The summed E-state index contributed by atoms with van der Waals surface area (Å²) in [5.74, 6) is -0.106. The second-order valence-electron chi connectivity index (χ2n) is 3.45. The number of aromatic nitrogens is 2. The van der Waals surface area contributed by atoms with E-state index in [0.29, 0.717) is 32.1 Å². The molecule has 7 nitrogen and oxygen atoms in total. The molecule has 0 amide bonds. The van der Waals surface area contributed by atoms with E-state index in [2.05, 4.69) is 9.97 Å². The zero-order valence-electron chi connectivity index (χ0n) is 10.4. The van der Waals surface area contributed by atoms with Gasteiger partial charge in [-0.25, -0.2) is 4.98 Å². The Hall–Kier alpha value is -1.73. The van der Waals surface area contributed by atoms with Gasteiger partial charge in [-0.05, 0) is 6.07 Å². The van der Waals surface area contributed by atoms with Crippen LogP contribution in [0.5, 0.6) is 6.01 Å². The normalized spacial score (nSPS) is 10.3. The van der Waals surface area contributed by atoms with Crippen molar-refractivity contribution in [1.29, 1.82) is 5.41 Å². The van der Waals surface area contributed by atoms with E-state index in [-0.39, 0.29) is 11.8 Å². The lowest BCUT2D eigenvalue weighted by Gasteiger charge is -2.06. The van der Waals surface area contributed by atoms with Crippen molar-refractivity contribution >= 4 is 5.84 Å². The number of nitrogens with two attached hydrogens (primary N) is 1. The van der Waals surface area contributed by atoms with Crippen LogP contribution >= 0.6 is 0 Å². The number of rotatable bonds is 9. The largest absolute Gasteiger partial charge is 0.463 e. The number of amidine groups is 1. The minimum absolute atomic E-state index is 0.106. The average Bonchev–Trinajstić information content (AvgIpc) is 2.38. The number of ether oxygens (including phenoxy) is 3. The molecule has 1 heterocycles. The van der Waals surface area contributed by atoms with Crippen LogP contribution in [0, 0.1) is 5.41 Å². The second-order valence-corrected chi connectivity index (χ2v) is 3.45. The van der Waals surface area contributed by atoms with Gasteiger partial charge in [0.25, 0.3) is 0 Å². The van der Waals surface area contributed by atoms with Crippen molar-refractivity contribution in [2.45, 2.75) is 6.42 Å². The Labute approximate surface area is 106 Å². The van der Waals surface area contributed by atoms with E-state index >= 15 is 0 Å². The Morgan fingerprint density at radius 3 is 2.89 bits per heavy atom. The summed E-state index contributed by atoms with van der Waals surface area (Å²) in [6.45, 7) is 2.21. The highest BCUT2D eigenvalue weighted by Gasteiger charge is 2.02. The Bertz CT molecular complexity index is 373. The van der Waals surface area contributed by atoms with Crippen LogP contribution in [0.2, 0.25) is 0 Å². The van der Waals surface area contributed by atoms with E-state index in [0.717, 1.165) is 6.42 Å². The maximum absolute atomic E-state index is 7.24. The third-order valence-corrected chi connectivity index (χ3v) is 2.01. The van der Waals surface area contributed by atoms with Crippen molar-refractivity contribution in [2.75, 3.05) is 33.5 Å². The fraction of sp³-hybridized carbons (Fsp3) is 0.545. The van der Waals surface area contributed by atoms with Crippen molar-refractivity contribution in [3.05, 3.63) is 18.0 Å². The van der Waals surface area contributed by atoms with E-state index in [4.69, 9.17) is 25.4 Å². The highest BCUT2D eigenvalue weighted by atomic mass is 16.5. The van der Waals surface area contributed by atoms with Crippen LogP contribution in [-0.2, 0) is 9.47 Å². The van der Waals surface area contributed by atoms with Gasteiger partial charge in [0.2, 0.25) is 0 Å². The number of nitrogens with one attached hydrogen (secondary N) is 1. The van der Waals surface area contributed by atoms with Crippen LogP contribution in [0.25, 0.3) is 0 Å². The van der Waals surface area contributed by atoms with Gasteiger partial charge in [-0.2, -0.15) is 4.98 Å². The summed E-state index contributed by atoms with van der Waals surface area (Å²) < 4.78 is 15.4. The summed E-state index contributed by atoms with van der Waals surface area (Å²) >= 11 is 0. The van der Waals surface area contributed by atoms with Gasteiger partial charge in [0.15, 0.2) is 0 Å². The molecule has 1 rings (SSSR count). The Kier molecular flexibility index (Phi) is 6.67. The summed E-state index contributed by atoms with van der Waals surface area (Å²) in [7, 11) is 1.63. The van der Waals surface area contributed by atoms with Gasteiger partial charge in [-0.15, -0.1) is 0 Å². The van der Waals surface area contributed by atoms with Crippen LogP contribution in [0.15, 0.2) is 12.3 Å². The first-order valence-corrected chi connectivity index (χ1v) is 5.61. The molecule has 0 fully saturated rings. The molecular weight excluding hydrogens is 236 g/mol. The van der Waals surface area contributed by atoms with Crippen molar-refractivity contribution in [3.8, 4) is 6.01 Å². The van der Waals surface area contributed by atoms with Crippen molar-refractivity contribution in [2.24, 2.45) is 5.73 Å². The average molecular weight is 254 g/mol. The fourth-order valence-electron chi connectivity index (χ4n) is 1.13. The minimum atomic E-state index is -0.106. The number of nitrogen functional groups attached to an aromatic ring is 1. The van der Waals surface area contributed by atoms with Crippen molar-refractivity contribution in [3.63, 3.8) is 0 Å². The number of nitrogens with zero attached hydrogens (tertiary/aromatic N) is 2. The van der Waals surface area contributed by atoms with Crippen LogP contribution in [0.1, 0.15) is 12.1 Å². The first kappa shape index (κ1) is 14.3. The molecule has 3 N–H and O–H groups in total. The molecule has 100 valence electrons. The maximum atomic E-state index is 7.24. The number of hydrogen-bond donors (Lipinski definition) is 2. The molecule has 1 aromatic heterocycles. The molecule has 0 aliphatic heterocycles. The number of methoxy groups -OCH3 is 1. The highest BCUT2D eigenvalue weighted by Crippen LogP contribution is 2.02. The van der Waals surface area contributed by atoms with E-state index in [1.807, 2.05) is 0 Å². The van der Waals surface area contributed by atoms with E-state index in [1.54, 1.807) is 13.2 Å². The van der Waals surface area contributed by atoms with Gasteiger partial charge in [-0.3, -0.25) is 5.41 Å². The van der Waals surface area contributed by atoms with E-state index in [1.165, 1.54) is 6.20 Å². The molecule has 1 aromatic rings. The van der Waals surface area contributed by atoms with Crippen LogP contribution in [0.4, 0.5) is 0 Å². The zero-order chi connectivity index (χ0) is 13.2. The Morgan fingerprint density at radius 1 is 1.33 bits per heavy atom. The predicted molar refractivity (Wildman–Crippen MR) is 65.9 cm³/mol. The van der Waals surface area contributed by atoms with Crippen molar-refractivity contribution < 1.29 is 14.2 Å². The smallest absolute Gasteiger partial charge is 0.316 e. The standard InChI is InChI=1S/C11H18N4O3/c1-16-7-8-17-5-2-6-18-11-14-4-3-9(15-11)10(12)13/h3-4H,2,5-8H2,1H3,(H3,12,13). The molecule has 0 aromatic carbocycles. The molecule has 0 aliphatic rings. The molecule has 0 spiro atoms. The van der Waals surface area contributed by atoms with Gasteiger partial charge in [0, 0.05) is 26.3 Å². The highest BCUT2D eigenvalue weighted by molar-refractivity contribution is 5.92. The zero-order valence-corrected chi connectivity index (χ0v) is 10.4. The van der Waals surface area contributed by atoms with E-state index in [9.17, 15) is 0 Å². The molecule has 7 heteroatoms. The SMILES string of the molecule is COCCOCCCOc1nccc(C(=N)N)n1. The molecule has 0 saturated carbocycles. The summed E-state index contributed by atoms with van der Waals surface area (Å²) in [4.78, 5) is 7.90. The van der Waals surface area contributed by atoms with Crippen LogP contribution in [-0.4, -0.2) is 49.3 Å². The Morgan fingerprint density at radius 2 is 2.17 bits per heavy atom.